The molecule has 5 nitrogen and oxygen atoms in total. The van der Waals surface area contributed by atoms with E-state index in [0.717, 1.165) is 11.1 Å². The van der Waals surface area contributed by atoms with Gasteiger partial charge in [-0.05, 0) is 48.4 Å². The Morgan fingerprint density at radius 3 is 2.62 bits per heavy atom. The minimum Gasteiger partial charge on any atom is -0.421 e. The van der Waals surface area contributed by atoms with Crippen molar-refractivity contribution in [2.24, 2.45) is 0 Å². The molecule has 6 heteroatoms. The normalized spacial score (nSPS) is 10.6. The first-order valence-electron chi connectivity index (χ1n) is 7.55. The standard InChI is InChI=1S/C18H16FN3O2/c1-12-21-22-18(24-12)14-6-8-16(9-7-14)20-17(23)10-5-13-3-2-4-15(19)11-13/h2-4,6-9,11H,5,10H2,1H3,(H,20,23). The summed E-state index contributed by atoms with van der Waals surface area (Å²) in [5, 5.41) is 10.5. The van der Waals surface area contributed by atoms with Gasteiger partial charge in [-0.15, -0.1) is 10.2 Å². The summed E-state index contributed by atoms with van der Waals surface area (Å²) in [5.74, 6) is 0.525. The lowest BCUT2D eigenvalue weighted by atomic mass is 10.1. The van der Waals surface area contributed by atoms with E-state index < -0.39 is 0 Å². The van der Waals surface area contributed by atoms with E-state index in [1.807, 2.05) is 0 Å². The summed E-state index contributed by atoms with van der Waals surface area (Å²) >= 11 is 0. The number of aromatic nitrogens is 2. The van der Waals surface area contributed by atoms with Crippen LogP contribution in [0.2, 0.25) is 0 Å². The lowest BCUT2D eigenvalue weighted by molar-refractivity contribution is -0.116. The van der Waals surface area contributed by atoms with Crippen LogP contribution in [0.5, 0.6) is 0 Å². The Bertz CT molecular complexity index is 843. The van der Waals surface area contributed by atoms with Gasteiger partial charge in [0.05, 0.1) is 0 Å². The van der Waals surface area contributed by atoms with Gasteiger partial charge in [-0.25, -0.2) is 4.39 Å². The largest absolute Gasteiger partial charge is 0.421 e. The van der Waals surface area contributed by atoms with Gasteiger partial charge in [-0.1, -0.05) is 12.1 Å². The quantitative estimate of drug-likeness (QED) is 0.775. The average molecular weight is 325 g/mol. The fourth-order valence-electron chi connectivity index (χ4n) is 2.28. The average Bonchev–Trinajstić information content (AvgIpc) is 3.00. The maximum absolute atomic E-state index is 13.1. The summed E-state index contributed by atoms with van der Waals surface area (Å²) in [4.78, 5) is 12.0. The van der Waals surface area contributed by atoms with Crippen molar-refractivity contribution < 1.29 is 13.6 Å². The van der Waals surface area contributed by atoms with Crippen LogP contribution in [0.15, 0.2) is 52.9 Å². The zero-order chi connectivity index (χ0) is 16.9. The number of halogens is 1. The van der Waals surface area contributed by atoms with Crippen LogP contribution in [0.4, 0.5) is 10.1 Å². The van der Waals surface area contributed by atoms with Gasteiger partial charge in [-0.2, -0.15) is 0 Å². The van der Waals surface area contributed by atoms with Crippen molar-refractivity contribution in [2.45, 2.75) is 19.8 Å². The number of hydrogen-bond donors (Lipinski definition) is 1. The fraction of sp³-hybridized carbons (Fsp3) is 0.167. The van der Waals surface area contributed by atoms with Crippen LogP contribution in [0.3, 0.4) is 0 Å². The van der Waals surface area contributed by atoms with Crippen molar-refractivity contribution in [1.29, 1.82) is 0 Å². The van der Waals surface area contributed by atoms with Crippen molar-refractivity contribution >= 4 is 11.6 Å². The maximum Gasteiger partial charge on any atom is 0.247 e. The highest BCUT2D eigenvalue weighted by Crippen LogP contribution is 2.20. The molecule has 0 radical (unpaired) electrons. The smallest absolute Gasteiger partial charge is 0.247 e. The molecule has 0 atom stereocenters. The van der Waals surface area contributed by atoms with E-state index in [9.17, 15) is 9.18 Å². The van der Waals surface area contributed by atoms with Crippen LogP contribution in [-0.4, -0.2) is 16.1 Å². The Morgan fingerprint density at radius 2 is 1.96 bits per heavy atom. The number of carbonyl (C=O) groups is 1. The summed E-state index contributed by atoms with van der Waals surface area (Å²) in [6, 6.07) is 13.4. The molecule has 122 valence electrons. The van der Waals surface area contributed by atoms with E-state index in [0.29, 0.717) is 23.9 Å². The topological polar surface area (TPSA) is 68.0 Å². The molecule has 0 spiro atoms. The number of hydrogen-bond acceptors (Lipinski definition) is 4. The second kappa shape index (κ2) is 7.04. The highest BCUT2D eigenvalue weighted by Gasteiger charge is 2.07. The van der Waals surface area contributed by atoms with Gasteiger partial charge in [-0.3, -0.25) is 4.79 Å². The van der Waals surface area contributed by atoms with Crippen molar-refractivity contribution in [2.75, 3.05) is 5.32 Å². The molecule has 3 aromatic rings. The van der Waals surface area contributed by atoms with E-state index in [2.05, 4.69) is 15.5 Å². The van der Waals surface area contributed by atoms with Crippen molar-refractivity contribution in [1.82, 2.24) is 10.2 Å². The molecule has 0 fully saturated rings. The Morgan fingerprint density at radius 1 is 1.17 bits per heavy atom. The molecule has 1 aromatic heterocycles. The molecule has 3 rings (SSSR count). The lowest BCUT2D eigenvalue weighted by Crippen LogP contribution is -2.12. The molecule has 0 unspecified atom stereocenters. The third-order valence-corrected chi connectivity index (χ3v) is 3.47. The van der Waals surface area contributed by atoms with Gasteiger partial charge in [0.25, 0.3) is 0 Å². The van der Waals surface area contributed by atoms with Gasteiger partial charge in [0.2, 0.25) is 17.7 Å². The van der Waals surface area contributed by atoms with Gasteiger partial charge in [0, 0.05) is 24.6 Å². The second-order valence-corrected chi connectivity index (χ2v) is 5.38. The molecule has 1 N–H and O–H groups in total. The van der Waals surface area contributed by atoms with E-state index in [1.165, 1.54) is 12.1 Å². The molecule has 2 aromatic carbocycles. The SMILES string of the molecule is Cc1nnc(-c2ccc(NC(=O)CCc3cccc(F)c3)cc2)o1. The third kappa shape index (κ3) is 4.04. The van der Waals surface area contributed by atoms with Crippen LogP contribution in [0.25, 0.3) is 11.5 Å². The van der Waals surface area contributed by atoms with Crippen LogP contribution in [0.1, 0.15) is 17.9 Å². The highest BCUT2D eigenvalue weighted by molar-refractivity contribution is 5.91. The molecule has 0 aliphatic carbocycles. The van der Waals surface area contributed by atoms with E-state index in [-0.39, 0.29) is 18.1 Å². The number of nitrogens with one attached hydrogen (secondary N) is 1. The van der Waals surface area contributed by atoms with Crippen molar-refractivity contribution in [3.63, 3.8) is 0 Å². The molecule has 0 aliphatic rings. The minimum absolute atomic E-state index is 0.124. The van der Waals surface area contributed by atoms with Crippen LogP contribution in [0, 0.1) is 12.7 Å². The van der Waals surface area contributed by atoms with E-state index >= 15 is 0 Å². The Hall–Kier alpha value is -3.02. The number of nitrogens with zero attached hydrogens (tertiary/aromatic N) is 2. The molecule has 0 aliphatic heterocycles. The van der Waals surface area contributed by atoms with E-state index in [1.54, 1.807) is 43.3 Å². The summed E-state index contributed by atoms with van der Waals surface area (Å²) in [6.07, 6.45) is 0.775. The lowest BCUT2D eigenvalue weighted by Gasteiger charge is -2.06. The van der Waals surface area contributed by atoms with Gasteiger partial charge >= 0.3 is 0 Å². The highest BCUT2D eigenvalue weighted by atomic mass is 19.1. The summed E-state index contributed by atoms with van der Waals surface area (Å²) in [5.41, 5.74) is 2.26. The first kappa shape index (κ1) is 15.9. The zero-order valence-electron chi connectivity index (χ0n) is 13.1. The number of amides is 1. The van der Waals surface area contributed by atoms with Crippen molar-refractivity contribution in [3.8, 4) is 11.5 Å². The summed E-state index contributed by atoms with van der Waals surface area (Å²) < 4.78 is 18.4. The van der Waals surface area contributed by atoms with Gasteiger partial charge in [0.15, 0.2) is 0 Å². The third-order valence-electron chi connectivity index (χ3n) is 3.47. The number of aryl methyl sites for hydroxylation is 2. The zero-order valence-corrected chi connectivity index (χ0v) is 13.1. The Labute approximate surface area is 138 Å². The van der Waals surface area contributed by atoms with Gasteiger partial charge < -0.3 is 9.73 Å². The number of carbonyl (C=O) groups excluding carboxylic acids is 1. The molecule has 0 bridgehead atoms. The van der Waals surface area contributed by atoms with Crippen LogP contribution >= 0.6 is 0 Å². The van der Waals surface area contributed by atoms with Gasteiger partial charge in [0.1, 0.15) is 5.82 Å². The van der Waals surface area contributed by atoms with Crippen molar-refractivity contribution in [3.05, 3.63) is 65.8 Å². The van der Waals surface area contributed by atoms with Crippen LogP contribution in [-0.2, 0) is 11.2 Å². The van der Waals surface area contributed by atoms with E-state index in [4.69, 9.17) is 4.42 Å². The predicted molar refractivity (Wildman–Crippen MR) is 87.8 cm³/mol. The molecule has 0 saturated heterocycles. The number of anilines is 1. The monoisotopic (exact) mass is 325 g/mol. The molecular weight excluding hydrogens is 309 g/mol. The molecule has 1 amide bonds. The Kier molecular flexibility index (Phi) is 4.65. The molecule has 24 heavy (non-hydrogen) atoms. The fourth-order valence-corrected chi connectivity index (χ4v) is 2.28. The summed E-state index contributed by atoms with van der Waals surface area (Å²) in [6.45, 7) is 1.73. The Balaban J connectivity index is 1.56. The number of rotatable bonds is 5. The maximum atomic E-state index is 13.1. The predicted octanol–water partition coefficient (Wildman–Crippen LogP) is 3.76. The minimum atomic E-state index is -0.292. The second-order valence-electron chi connectivity index (χ2n) is 5.38. The molecule has 1 heterocycles. The first-order valence-corrected chi connectivity index (χ1v) is 7.55. The molecular formula is C18H16FN3O2. The number of benzene rings is 2. The van der Waals surface area contributed by atoms with Crippen LogP contribution < -0.4 is 5.32 Å². The first-order chi connectivity index (χ1) is 11.6. The molecule has 0 saturated carbocycles. The summed E-state index contributed by atoms with van der Waals surface area (Å²) in [7, 11) is 0.